The Hall–Kier alpha value is -1.29. The number of aromatic nitrogens is 1. The molecule has 2 N–H and O–H groups in total. The van der Waals surface area contributed by atoms with Gasteiger partial charge >= 0.3 is 5.97 Å². The average Bonchev–Trinajstić information content (AvgIpc) is 2.61. The van der Waals surface area contributed by atoms with E-state index in [9.17, 15) is 4.79 Å². The van der Waals surface area contributed by atoms with Crippen LogP contribution in [0.5, 0.6) is 0 Å². The summed E-state index contributed by atoms with van der Waals surface area (Å²) in [5.74, 6) is -1.33. The Morgan fingerprint density at radius 3 is 2.87 bits per heavy atom. The molecule has 3 nitrogen and oxygen atoms in total. The van der Waals surface area contributed by atoms with E-state index in [0.717, 1.165) is 21.1 Å². The summed E-state index contributed by atoms with van der Waals surface area (Å²) >= 11 is 3.43. The van der Waals surface area contributed by atoms with Crippen molar-refractivity contribution in [3.8, 4) is 0 Å². The Bertz CT molecular complexity index is 518. The quantitative estimate of drug-likeness (QED) is 0.879. The van der Waals surface area contributed by atoms with Gasteiger partial charge in [0.25, 0.3) is 0 Å². The summed E-state index contributed by atoms with van der Waals surface area (Å²) in [6.07, 6.45) is 0. The molecule has 1 heterocycles. The predicted octanol–water partition coefficient (Wildman–Crippen LogP) is 3.12. The number of rotatable bonds is 2. The van der Waals surface area contributed by atoms with Gasteiger partial charge in [-0.25, -0.2) is 0 Å². The van der Waals surface area contributed by atoms with Crippen LogP contribution in [0.15, 0.2) is 28.7 Å². The van der Waals surface area contributed by atoms with Crippen molar-refractivity contribution in [2.24, 2.45) is 0 Å². The molecule has 0 radical (unpaired) electrons. The van der Waals surface area contributed by atoms with Gasteiger partial charge in [0.1, 0.15) is 0 Å². The van der Waals surface area contributed by atoms with Gasteiger partial charge in [-0.3, -0.25) is 4.79 Å². The van der Waals surface area contributed by atoms with E-state index in [1.165, 1.54) is 0 Å². The van der Waals surface area contributed by atoms with Gasteiger partial charge < -0.3 is 10.1 Å². The first-order valence-corrected chi connectivity index (χ1v) is 5.39. The predicted molar refractivity (Wildman–Crippen MR) is 62.0 cm³/mol. The normalized spacial score (nSPS) is 12.9. The minimum atomic E-state index is -0.822. The molecule has 1 atom stereocenters. The van der Waals surface area contributed by atoms with Gasteiger partial charge in [0.2, 0.25) is 0 Å². The van der Waals surface area contributed by atoms with Crippen molar-refractivity contribution in [3.63, 3.8) is 0 Å². The molecule has 1 aromatic carbocycles. The van der Waals surface area contributed by atoms with E-state index < -0.39 is 11.9 Å². The monoisotopic (exact) mass is 267 g/mol. The van der Waals surface area contributed by atoms with Crippen LogP contribution in [0.3, 0.4) is 0 Å². The lowest BCUT2D eigenvalue weighted by Gasteiger charge is -2.01. The molecule has 0 spiro atoms. The number of benzene rings is 1. The fraction of sp³-hybridized carbons (Fsp3) is 0.182. The SMILES string of the molecule is CC(C(=O)O)c1cc2c(Br)cccc2[nH]1. The molecule has 0 aliphatic carbocycles. The lowest BCUT2D eigenvalue weighted by atomic mass is 10.1. The largest absolute Gasteiger partial charge is 0.481 e. The molecule has 2 rings (SSSR count). The van der Waals surface area contributed by atoms with Crippen LogP contribution >= 0.6 is 15.9 Å². The lowest BCUT2D eigenvalue weighted by Crippen LogP contribution is -2.07. The summed E-state index contributed by atoms with van der Waals surface area (Å²) in [7, 11) is 0. The van der Waals surface area contributed by atoms with Crippen molar-refractivity contribution in [3.05, 3.63) is 34.4 Å². The molecule has 0 amide bonds. The summed E-state index contributed by atoms with van der Waals surface area (Å²) in [4.78, 5) is 13.9. The second-order valence-electron chi connectivity index (χ2n) is 3.49. The lowest BCUT2D eigenvalue weighted by molar-refractivity contribution is -0.138. The smallest absolute Gasteiger partial charge is 0.312 e. The number of carboxylic acid groups (broad SMARTS) is 1. The van der Waals surface area contributed by atoms with Crippen molar-refractivity contribution in [2.75, 3.05) is 0 Å². The van der Waals surface area contributed by atoms with E-state index in [-0.39, 0.29) is 0 Å². The van der Waals surface area contributed by atoms with E-state index in [1.54, 1.807) is 6.92 Å². The Balaban J connectivity index is 2.56. The van der Waals surface area contributed by atoms with Crippen LogP contribution in [-0.2, 0) is 4.79 Å². The third-order valence-corrected chi connectivity index (χ3v) is 3.16. The van der Waals surface area contributed by atoms with Crippen LogP contribution in [0.1, 0.15) is 18.5 Å². The molecule has 0 saturated carbocycles. The highest BCUT2D eigenvalue weighted by molar-refractivity contribution is 9.10. The van der Waals surface area contributed by atoms with Gasteiger partial charge in [-0.15, -0.1) is 0 Å². The number of fused-ring (bicyclic) bond motifs is 1. The first-order chi connectivity index (χ1) is 7.09. The molecule has 0 saturated heterocycles. The molecule has 0 aliphatic rings. The number of carbonyl (C=O) groups is 1. The van der Waals surface area contributed by atoms with Crippen LogP contribution in [0.2, 0.25) is 0 Å². The summed E-state index contributed by atoms with van der Waals surface area (Å²) in [5.41, 5.74) is 1.68. The van der Waals surface area contributed by atoms with E-state index in [1.807, 2.05) is 24.3 Å². The highest BCUT2D eigenvalue weighted by Gasteiger charge is 2.16. The van der Waals surface area contributed by atoms with Crippen LogP contribution in [0, 0.1) is 0 Å². The Morgan fingerprint density at radius 1 is 1.53 bits per heavy atom. The van der Waals surface area contributed by atoms with Gasteiger partial charge in [-0.1, -0.05) is 22.0 Å². The second-order valence-corrected chi connectivity index (χ2v) is 4.34. The van der Waals surface area contributed by atoms with Crippen molar-refractivity contribution < 1.29 is 9.90 Å². The summed E-state index contributed by atoms with van der Waals surface area (Å²) < 4.78 is 0.972. The van der Waals surface area contributed by atoms with Gasteiger partial charge in [0, 0.05) is 21.1 Å². The zero-order valence-electron chi connectivity index (χ0n) is 8.12. The Morgan fingerprint density at radius 2 is 2.27 bits per heavy atom. The van der Waals surface area contributed by atoms with Gasteiger partial charge in [0.05, 0.1) is 5.92 Å². The van der Waals surface area contributed by atoms with Crippen LogP contribution in [0.4, 0.5) is 0 Å². The maximum absolute atomic E-state index is 10.8. The zero-order chi connectivity index (χ0) is 11.0. The van der Waals surface area contributed by atoms with E-state index in [4.69, 9.17) is 5.11 Å². The maximum atomic E-state index is 10.8. The molecule has 0 fully saturated rings. The van der Waals surface area contributed by atoms with Gasteiger partial charge in [-0.2, -0.15) is 0 Å². The summed E-state index contributed by atoms with van der Waals surface area (Å²) in [5, 5.41) is 9.91. The van der Waals surface area contributed by atoms with Gasteiger partial charge in [0.15, 0.2) is 0 Å². The van der Waals surface area contributed by atoms with Crippen molar-refractivity contribution in [1.82, 2.24) is 4.98 Å². The number of nitrogens with one attached hydrogen (secondary N) is 1. The minimum Gasteiger partial charge on any atom is -0.481 e. The zero-order valence-corrected chi connectivity index (χ0v) is 9.71. The number of halogens is 1. The number of hydrogen-bond acceptors (Lipinski definition) is 1. The molecule has 1 aromatic heterocycles. The summed E-state index contributed by atoms with van der Waals surface area (Å²) in [6.45, 7) is 1.67. The molecule has 78 valence electrons. The number of aromatic amines is 1. The standard InChI is InChI=1S/C11H10BrNO2/c1-6(11(14)15)10-5-7-8(12)3-2-4-9(7)13-10/h2-6,13H,1H3,(H,14,15). The van der Waals surface area contributed by atoms with E-state index >= 15 is 0 Å². The molecule has 15 heavy (non-hydrogen) atoms. The Labute approximate surface area is 95.2 Å². The van der Waals surface area contributed by atoms with Crippen molar-refractivity contribution in [1.29, 1.82) is 0 Å². The number of hydrogen-bond donors (Lipinski definition) is 2. The van der Waals surface area contributed by atoms with Crippen LogP contribution in [0.25, 0.3) is 10.9 Å². The fourth-order valence-electron chi connectivity index (χ4n) is 1.51. The molecule has 1 unspecified atom stereocenters. The maximum Gasteiger partial charge on any atom is 0.312 e. The first-order valence-electron chi connectivity index (χ1n) is 4.59. The van der Waals surface area contributed by atoms with Crippen molar-refractivity contribution >= 4 is 32.8 Å². The van der Waals surface area contributed by atoms with E-state index in [2.05, 4.69) is 20.9 Å². The highest BCUT2D eigenvalue weighted by atomic mass is 79.9. The Kier molecular flexibility index (Phi) is 2.52. The first kappa shape index (κ1) is 10.2. The molecular weight excluding hydrogens is 258 g/mol. The molecule has 0 bridgehead atoms. The topological polar surface area (TPSA) is 53.1 Å². The average molecular weight is 268 g/mol. The third-order valence-electron chi connectivity index (χ3n) is 2.47. The van der Waals surface area contributed by atoms with Crippen LogP contribution in [-0.4, -0.2) is 16.1 Å². The highest BCUT2D eigenvalue weighted by Crippen LogP contribution is 2.27. The summed E-state index contributed by atoms with van der Waals surface area (Å²) in [6, 6.07) is 7.65. The second kappa shape index (κ2) is 3.70. The number of H-pyrrole nitrogens is 1. The minimum absolute atomic E-state index is 0.510. The fourth-order valence-corrected chi connectivity index (χ4v) is 1.99. The number of aliphatic carboxylic acids is 1. The number of carboxylic acids is 1. The van der Waals surface area contributed by atoms with Gasteiger partial charge in [-0.05, 0) is 25.1 Å². The molecule has 4 heteroatoms. The van der Waals surface area contributed by atoms with E-state index in [0.29, 0.717) is 0 Å². The molecule has 0 aliphatic heterocycles. The molecular formula is C11H10BrNO2. The third kappa shape index (κ3) is 1.77. The van der Waals surface area contributed by atoms with Crippen molar-refractivity contribution in [2.45, 2.75) is 12.8 Å². The van der Waals surface area contributed by atoms with Crippen LogP contribution < -0.4 is 0 Å². The molecule has 2 aromatic rings.